The van der Waals surface area contributed by atoms with E-state index >= 15 is 0 Å². The molecule has 32 heavy (non-hydrogen) atoms. The zero-order valence-corrected chi connectivity index (χ0v) is 19.0. The van der Waals surface area contributed by atoms with E-state index in [9.17, 15) is 4.79 Å². The van der Waals surface area contributed by atoms with Gasteiger partial charge in [-0.2, -0.15) is 0 Å². The lowest BCUT2D eigenvalue weighted by Gasteiger charge is -2.45. The van der Waals surface area contributed by atoms with Crippen molar-refractivity contribution < 1.29 is 19.0 Å². The van der Waals surface area contributed by atoms with E-state index in [4.69, 9.17) is 14.2 Å². The van der Waals surface area contributed by atoms with Gasteiger partial charge in [0.15, 0.2) is 23.1 Å². The first-order valence-corrected chi connectivity index (χ1v) is 11.8. The number of hydrogen-bond donors (Lipinski definition) is 0. The molecule has 0 radical (unpaired) electrons. The van der Waals surface area contributed by atoms with Gasteiger partial charge in [0.1, 0.15) is 0 Å². The van der Waals surface area contributed by atoms with Gasteiger partial charge in [-0.25, -0.2) is 0 Å². The molecule has 2 aromatic rings. The number of methoxy groups -OCH3 is 2. The Bertz CT molecular complexity index is 969. The van der Waals surface area contributed by atoms with Crippen molar-refractivity contribution in [3.63, 3.8) is 0 Å². The Hall–Kier alpha value is -2.61. The standard InChI is InChI=1S/C24H32N4O4/c1-30-20-11-9-16(14-21(20)31-2)24-26-25-22-15-27(18-7-3-4-8-19(18)28(22)24)23(29)12-10-17-6-5-13-32-17/h9,11,14,17-19H,3-8,10,12-13,15H2,1-2H3/t17-,18-,19-/m1/s1. The maximum Gasteiger partial charge on any atom is 0.223 e. The molecule has 0 unspecified atom stereocenters. The number of nitrogens with zero attached hydrogens (tertiary/aromatic N) is 4. The SMILES string of the molecule is COc1ccc(-c2nnc3n2[C@@H]2CCCC[C@H]2N(C(=O)CC[C@H]2CCCO2)C3)cc1OC. The number of aromatic nitrogens is 3. The molecule has 0 N–H and O–H groups in total. The van der Waals surface area contributed by atoms with E-state index in [1.54, 1.807) is 14.2 Å². The summed E-state index contributed by atoms with van der Waals surface area (Å²) in [6, 6.07) is 6.25. The van der Waals surface area contributed by atoms with Gasteiger partial charge in [-0.1, -0.05) is 12.8 Å². The van der Waals surface area contributed by atoms with Gasteiger partial charge < -0.3 is 23.7 Å². The first kappa shape index (κ1) is 21.2. The van der Waals surface area contributed by atoms with Crippen molar-refractivity contribution in [3.8, 4) is 22.9 Å². The summed E-state index contributed by atoms with van der Waals surface area (Å²) in [4.78, 5) is 15.3. The topological polar surface area (TPSA) is 78.7 Å². The smallest absolute Gasteiger partial charge is 0.223 e. The van der Waals surface area contributed by atoms with Crippen LogP contribution in [0, 0.1) is 0 Å². The summed E-state index contributed by atoms with van der Waals surface area (Å²) in [5.74, 6) is 3.28. The van der Waals surface area contributed by atoms with Crippen LogP contribution < -0.4 is 9.47 Å². The maximum atomic E-state index is 13.2. The van der Waals surface area contributed by atoms with E-state index in [1.807, 2.05) is 18.2 Å². The van der Waals surface area contributed by atoms with Gasteiger partial charge in [0.2, 0.25) is 5.91 Å². The molecule has 0 bridgehead atoms. The molecule has 1 amide bonds. The van der Waals surface area contributed by atoms with Crippen molar-refractivity contribution in [2.45, 2.75) is 76.1 Å². The van der Waals surface area contributed by atoms with Crippen LogP contribution >= 0.6 is 0 Å². The summed E-state index contributed by atoms with van der Waals surface area (Å²) < 4.78 is 18.9. The minimum atomic E-state index is 0.197. The van der Waals surface area contributed by atoms with E-state index in [-0.39, 0.29) is 24.1 Å². The number of ether oxygens (including phenoxy) is 3. The van der Waals surface area contributed by atoms with Crippen molar-refractivity contribution in [1.29, 1.82) is 0 Å². The monoisotopic (exact) mass is 440 g/mol. The zero-order valence-electron chi connectivity index (χ0n) is 19.0. The van der Waals surface area contributed by atoms with E-state index in [0.29, 0.717) is 24.5 Å². The lowest BCUT2D eigenvalue weighted by molar-refractivity contribution is -0.138. The summed E-state index contributed by atoms with van der Waals surface area (Å²) in [7, 11) is 3.27. The normalized spacial score (nSPS) is 24.7. The number of carbonyl (C=O) groups is 1. The fourth-order valence-corrected chi connectivity index (χ4v) is 5.55. The van der Waals surface area contributed by atoms with Crippen LogP contribution in [0.25, 0.3) is 11.4 Å². The van der Waals surface area contributed by atoms with Gasteiger partial charge in [0, 0.05) is 18.6 Å². The van der Waals surface area contributed by atoms with Crippen molar-refractivity contribution in [2.24, 2.45) is 0 Å². The summed E-state index contributed by atoms with van der Waals surface area (Å²) in [6.07, 6.45) is 8.15. The lowest BCUT2D eigenvalue weighted by atomic mass is 9.86. The van der Waals surface area contributed by atoms with Crippen molar-refractivity contribution in [3.05, 3.63) is 24.0 Å². The van der Waals surface area contributed by atoms with E-state index < -0.39 is 0 Å². The zero-order chi connectivity index (χ0) is 22.1. The number of rotatable bonds is 6. The molecule has 8 nitrogen and oxygen atoms in total. The molecular formula is C24H32N4O4. The average molecular weight is 441 g/mol. The van der Waals surface area contributed by atoms with E-state index in [2.05, 4.69) is 19.7 Å². The highest BCUT2D eigenvalue weighted by molar-refractivity contribution is 5.77. The van der Waals surface area contributed by atoms with Crippen LogP contribution in [0.15, 0.2) is 18.2 Å². The molecule has 3 heterocycles. The second kappa shape index (κ2) is 9.10. The largest absolute Gasteiger partial charge is 0.493 e. The third kappa shape index (κ3) is 3.85. The third-order valence-electron chi connectivity index (χ3n) is 7.17. The summed E-state index contributed by atoms with van der Waals surface area (Å²) >= 11 is 0. The number of amides is 1. The Morgan fingerprint density at radius 2 is 1.88 bits per heavy atom. The molecule has 1 aliphatic carbocycles. The van der Waals surface area contributed by atoms with Crippen molar-refractivity contribution in [1.82, 2.24) is 19.7 Å². The Kier molecular flexibility index (Phi) is 6.04. The van der Waals surface area contributed by atoms with Crippen LogP contribution in [0.5, 0.6) is 11.5 Å². The number of fused-ring (bicyclic) bond motifs is 3. The Labute approximate surface area is 188 Å². The highest BCUT2D eigenvalue weighted by Crippen LogP contribution is 2.41. The molecule has 2 aliphatic heterocycles. The molecule has 0 spiro atoms. The third-order valence-corrected chi connectivity index (χ3v) is 7.17. The quantitative estimate of drug-likeness (QED) is 0.681. The second-order valence-corrected chi connectivity index (χ2v) is 8.99. The van der Waals surface area contributed by atoms with Gasteiger partial charge in [0.25, 0.3) is 0 Å². The Balaban J connectivity index is 1.42. The maximum absolute atomic E-state index is 13.2. The van der Waals surface area contributed by atoms with Gasteiger partial charge in [-0.3, -0.25) is 4.79 Å². The van der Waals surface area contributed by atoms with Crippen molar-refractivity contribution >= 4 is 5.91 Å². The first-order chi connectivity index (χ1) is 15.7. The fraction of sp³-hybridized carbons (Fsp3) is 0.625. The lowest BCUT2D eigenvalue weighted by Crippen LogP contribution is -2.50. The van der Waals surface area contributed by atoms with Gasteiger partial charge >= 0.3 is 0 Å². The van der Waals surface area contributed by atoms with E-state index in [0.717, 1.165) is 68.8 Å². The number of benzene rings is 1. The molecule has 3 aliphatic rings. The number of hydrogen-bond acceptors (Lipinski definition) is 6. The Morgan fingerprint density at radius 1 is 1.06 bits per heavy atom. The Morgan fingerprint density at radius 3 is 2.62 bits per heavy atom. The van der Waals surface area contributed by atoms with Gasteiger partial charge in [-0.05, 0) is 50.3 Å². The van der Waals surface area contributed by atoms with Crippen molar-refractivity contribution in [2.75, 3.05) is 20.8 Å². The van der Waals surface area contributed by atoms with Gasteiger partial charge in [0.05, 0.1) is 39.0 Å². The van der Waals surface area contributed by atoms with Crippen LogP contribution in [0.2, 0.25) is 0 Å². The molecule has 3 atom stereocenters. The van der Waals surface area contributed by atoms with E-state index in [1.165, 1.54) is 0 Å². The minimum absolute atomic E-state index is 0.197. The minimum Gasteiger partial charge on any atom is -0.493 e. The molecule has 5 rings (SSSR count). The summed E-state index contributed by atoms with van der Waals surface area (Å²) in [5, 5.41) is 9.07. The molecule has 1 saturated heterocycles. The van der Waals surface area contributed by atoms with Crippen LogP contribution in [-0.4, -0.2) is 58.5 Å². The highest BCUT2D eigenvalue weighted by atomic mass is 16.5. The van der Waals surface area contributed by atoms with Crippen LogP contribution in [0.3, 0.4) is 0 Å². The molecule has 2 fully saturated rings. The molecule has 1 aromatic carbocycles. The fourth-order valence-electron chi connectivity index (χ4n) is 5.55. The second-order valence-electron chi connectivity index (χ2n) is 8.99. The van der Waals surface area contributed by atoms with Crippen LogP contribution in [0.4, 0.5) is 0 Å². The van der Waals surface area contributed by atoms with Crippen LogP contribution in [0.1, 0.15) is 63.2 Å². The van der Waals surface area contributed by atoms with Crippen LogP contribution in [-0.2, 0) is 16.1 Å². The first-order valence-electron chi connectivity index (χ1n) is 11.8. The predicted molar refractivity (Wildman–Crippen MR) is 119 cm³/mol. The molecule has 1 saturated carbocycles. The predicted octanol–water partition coefficient (Wildman–Crippen LogP) is 3.75. The molecular weight excluding hydrogens is 408 g/mol. The molecule has 172 valence electrons. The molecule has 1 aromatic heterocycles. The molecule has 8 heteroatoms. The highest BCUT2D eigenvalue weighted by Gasteiger charge is 2.41. The van der Waals surface area contributed by atoms with Gasteiger partial charge in [-0.15, -0.1) is 10.2 Å². The average Bonchev–Trinajstić information content (AvgIpc) is 3.51. The summed E-state index contributed by atoms with van der Waals surface area (Å²) in [6.45, 7) is 1.35. The summed E-state index contributed by atoms with van der Waals surface area (Å²) in [5.41, 5.74) is 0.948. The number of carbonyl (C=O) groups excluding carboxylic acids is 1.